The maximum Gasteiger partial charge on any atom is 0.416 e. The van der Waals surface area contributed by atoms with Gasteiger partial charge in [0.05, 0.1) is 11.3 Å². The number of carbonyl (C=O) groups excluding carboxylic acids is 2. The van der Waals surface area contributed by atoms with E-state index >= 15 is 0 Å². The van der Waals surface area contributed by atoms with E-state index in [-0.39, 0.29) is 18.7 Å². The summed E-state index contributed by atoms with van der Waals surface area (Å²) in [6.07, 6.45) is -4.76. The highest BCUT2D eigenvalue weighted by molar-refractivity contribution is 6.41. The number of hydrogen-bond donors (Lipinski definition) is 0. The van der Waals surface area contributed by atoms with Crippen molar-refractivity contribution in [2.75, 3.05) is 18.0 Å². The topological polar surface area (TPSA) is 40.6 Å². The molecular formula is C20H18F4N2O2. The number of halogens is 4. The van der Waals surface area contributed by atoms with Crippen LogP contribution < -0.4 is 4.90 Å². The van der Waals surface area contributed by atoms with Gasteiger partial charge in [-0.25, -0.2) is 4.39 Å². The van der Waals surface area contributed by atoms with E-state index in [9.17, 15) is 27.2 Å². The molecule has 0 radical (unpaired) electrons. The van der Waals surface area contributed by atoms with Gasteiger partial charge < -0.3 is 9.80 Å². The summed E-state index contributed by atoms with van der Waals surface area (Å²) in [5.41, 5.74) is 0.888. The Kier molecular flexibility index (Phi) is 5.14. The maximum atomic E-state index is 13.3. The number of amides is 2. The highest BCUT2D eigenvalue weighted by atomic mass is 19.4. The first-order valence-electron chi connectivity index (χ1n) is 8.62. The third kappa shape index (κ3) is 3.72. The number of para-hydroxylation sites is 1. The molecule has 1 aliphatic heterocycles. The molecule has 0 aliphatic carbocycles. The van der Waals surface area contributed by atoms with Crippen LogP contribution in [0.2, 0.25) is 0 Å². The van der Waals surface area contributed by atoms with Crippen molar-refractivity contribution >= 4 is 17.5 Å². The highest BCUT2D eigenvalue weighted by Crippen LogP contribution is 2.34. The van der Waals surface area contributed by atoms with E-state index in [0.717, 1.165) is 28.2 Å². The van der Waals surface area contributed by atoms with Crippen LogP contribution in [0.1, 0.15) is 22.3 Å². The number of carbonyl (C=O) groups is 2. The fourth-order valence-electron chi connectivity index (χ4n) is 3.43. The monoisotopic (exact) mass is 394 g/mol. The molecule has 2 amide bonds. The molecule has 3 rings (SSSR count). The molecule has 0 spiro atoms. The number of aryl methyl sites for hydroxylation is 2. The maximum absolute atomic E-state index is 13.3. The standard InChI is InChI=1S/C20H18F4N2O2/c1-12-4-3-5-13(2)17(12)26-9-8-25(18(27)19(26)28)11-14-6-7-15(21)10-16(14)20(22,23)24/h3-7,10H,8-9,11H2,1-2H3. The first-order chi connectivity index (χ1) is 13.1. The minimum Gasteiger partial charge on any atom is -0.328 e. The average molecular weight is 394 g/mol. The van der Waals surface area contributed by atoms with Gasteiger partial charge in [-0.3, -0.25) is 9.59 Å². The molecule has 0 N–H and O–H groups in total. The molecule has 148 valence electrons. The second kappa shape index (κ2) is 7.26. The van der Waals surface area contributed by atoms with E-state index in [0.29, 0.717) is 11.8 Å². The van der Waals surface area contributed by atoms with Crippen molar-refractivity contribution in [2.45, 2.75) is 26.6 Å². The summed E-state index contributed by atoms with van der Waals surface area (Å²) >= 11 is 0. The molecule has 2 aromatic rings. The number of anilines is 1. The quantitative estimate of drug-likeness (QED) is 0.586. The number of benzene rings is 2. The molecule has 0 unspecified atom stereocenters. The van der Waals surface area contributed by atoms with E-state index in [2.05, 4.69) is 0 Å². The lowest BCUT2D eigenvalue weighted by molar-refractivity contribution is -0.147. The van der Waals surface area contributed by atoms with E-state index in [1.807, 2.05) is 32.0 Å². The van der Waals surface area contributed by atoms with Gasteiger partial charge in [0.1, 0.15) is 5.82 Å². The summed E-state index contributed by atoms with van der Waals surface area (Å²) in [4.78, 5) is 27.6. The zero-order chi connectivity index (χ0) is 20.6. The molecule has 28 heavy (non-hydrogen) atoms. The predicted octanol–water partition coefficient (Wildman–Crippen LogP) is 3.84. The number of piperazine rings is 1. The van der Waals surface area contributed by atoms with Gasteiger partial charge in [-0.1, -0.05) is 24.3 Å². The molecule has 0 aromatic heterocycles. The molecule has 2 aromatic carbocycles. The summed E-state index contributed by atoms with van der Waals surface area (Å²) in [7, 11) is 0. The molecule has 1 heterocycles. The largest absolute Gasteiger partial charge is 0.416 e. The van der Waals surface area contributed by atoms with E-state index in [4.69, 9.17) is 0 Å². The minimum atomic E-state index is -4.76. The van der Waals surface area contributed by atoms with Crippen LogP contribution in [0, 0.1) is 19.7 Å². The zero-order valence-corrected chi connectivity index (χ0v) is 15.3. The Hall–Kier alpha value is -2.90. The van der Waals surface area contributed by atoms with E-state index in [1.165, 1.54) is 4.90 Å². The van der Waals surface area contributed by atoms with Crippen molar-refractivity contribution in [3.05, 3.63) is 64.5 Å². The van der Waals surface area contributed by atoms with Crippen LogP contribution >= 0.6 is 0 Å². The molecule has 8 heteroatoms. The molecular weight excluding hydrogens is 376 g/mol. The van der Waals surface area contributed by atoms with Crippen molar-refractivity contribution in [3.8, 4) is 0 Å². The Balaban J connectivity index is 1.85. The van der Waals surface area contributed by atoms with Crippen molar-refractivity contribution in [1.82, 2.24) is 4.90 Å². The smallest absolute Gasteiger partial charge is 0.328 e. The van der Waals surface area contributed by atoms with Crippen LogP contribution in [0.25, 0.3) is 0 Å². The lowest BCUT2D eigenvalue weighted by atomic mass is 10.0. The van der Waals surface area contributed by atoms with Crippen molar-refractivity contribution < 1.29 is 27.2 Å². The molecule has 4 nitrogen and oxygen atoms in total. The SMILES string of the molecule is Cc1cccc(C)c1N1CCN(Cc2ccc(F)cc2C(F)(F)F)C(=O)C1=O. The summed E-state index contributed by atoms with van der Waals surface area (Å²) in [6, 6.07) is 7.78. The number of rotatable bonds is 3. The second-order valence-electron chi connectivity index (χ2n) is 6.72. The lowest BCUT2D eigenvalue weighted by Crippen LogP contribution is -2.54. The Morgan fingerprint density at radius 3 is 2.21 bits per heavy atom. The first kappa shape index (κ1) is 19.9. The van der Waals surface area contributed by atoms with Gasteiger partial charge in [0.2, 0.25) is 0 Å². The zero-order valence-electron chi connectivity index (χ0n) is 15.3. The number of hydrogen-bond acceptors (Lipinski definition) is 2. The number of nitrogens with zero attached hydrogens (tertiary/aromatic N) is 2. The predicted molar refractivity (Wildman–Crippen MR) is 95.1 cm³/mol. The van der Waals surface area contributed by atoms with Crippen LogP contribution in [0.5, 0.6) is 0 Å². The normalized spacial score (nSPS) is 15.4. The van der Waals surface area contributed by atoms with Gasteiger partial charge in [-0.15, -0.1) is 0 Å². The summed E-state index contributed by atoms with van der Waals surface area (Å²) < 4.78 is 52.8. The van der Waals surface area contributed by atoms with Crippen LogP contribution in [0.4, 0.5) is 23.2 Å². The van der Waals surface area contributed by atoms with Crippen LogP contribution in [0.3, 0.4) is 0 Å². The third-order valence-corrected chi connectivity index (χ3v) is 4.76. The summed E-state index contributed by atoms with van der Waals surface area (Å²) in [5.74, 6) is -2.69. The molecule has 0 saturated carbocycles. The Labute approximate surface area is 159 Å². The molecule has 1 fully saturated rings. The van der Waals surface area contributed by atoms with Gasteiger partial charge >= 0.3 is 18.0 Å². The van der Waals surface area contributed by atoms with Crippen molar-refractivity contribution in [2.24, 2.45) is 0 Å². The van der Waals surface area contributed by atoms with Gasteiger partial charge in [0, 0.05) is 19.6 Å². The molecule has 1 aliphatic rings. The van der Waals surface area contributed by atoms with Gasteiger partial charge in [0.15, 0.2) is 0 Å². The Morgan fingerprint density at radius 2 is 1.61 bits per heavy atom. The fourth-order valence-corrected chi connectivity index (χ4v) is 3.43. The number of alkyl halides is 3. The fraction of sp³-hybridized carbons (Fsp3) is 0.300. The van der Waals surface area contributed by atoms with Crippen molar-refractivity contribution in [3.63, 3.8) is 0 Å². The van der Waals surface area contributed by atoms with Crippen molar-refractivity contribution in [1.29, 1.82) is 0 Å². The van der Waals surface area contributed by atoms with Crippen LogP contribution in [-0.2, 0) is 22.3 Å². The van der Waals surface area contributed by atoms with E-state index in [1.54, 1.807) is 0 Å². The summed E-state index contributed by atoms with van der Waals surface area (Å²) in [5, 5.41) is 0. The van der Waals surface area contributed by atoms with Crippen LogP contribution in [-0.4, -0.2) is 29.8 Å². The average Bonchev–Trinajstić information content (AvgIpc) is 2.61. The Morgan fingerprint density at radius 1 is 0.964 bits per heavy atom. The highest BCUT2D eigenvalue weighted by Gasteiger charge is 2.38. The van der Waals surface area contributed by atoms with Gasteiger partial charge in [-0.05, 0) is 42.7 Å². The molecule has 0 atom stereocenters. The van der Waals surface area contributed by atoms with Gasteiger partial charge in [0.25, 0.3) is 0 Å². The van der Waals surface area contributed by atoms with Crippen LogP contribution in [0.15, 0.2) is 36.4 Å². The summed E-state index contributed by atoms with van der Waals surface area (Å²) in [6.45, 7) is 3.47. The Bertz CT molecular complexity index is 920. The first-order valence-corrected chi connectivity index (χ1v) is 8.62. The lowest BCUT2D eigenvalue weighted by Gasteiger charge is -2.35. The minimum absolute atomic E-state index is 0.0764. The third-order valence-electron chi connectivity index (χ3n) is 4.76. The second-order valence-corrected chi connectivity index (χ2v) is 6.72. The molecule has 0 bridgehead atoms. The molecule has 1 saturated heterocycles. The van der Waals surface area contributed by atoms with E-state index < -0.39 is 35.9 Å². The van der Waals surface area contributed by atoms with Gasteiger partial charge in [-0.2, -0.15) is 13.2 Å².